The van der Waals surface area contributed by atoms with Crippen LogP contribution in [0.5, 0.6) is 0 Å². The van der Waals surface area contributed by atoms with Gasteiger partial charge in [-0.05, 0) is 54.0 Å². The van der Waals surface area contributed by atoms with Crippen LogP contribution < -0.4 is 0 Å². The Morgan fingerprint density at radius 3 is 2.67 bits per heavy atom. The zero-order chi connectivity index (χ0) is 21.3. The molecule has 0 atom stereocenters. The minimum absolute atomic E-state index is 0.0960. The summed E-state index contributed by atoms with van der Waals surface area (Å²) in [5, 5.41) is 2.83. The summed E-state index contributed by atoms with van der Waals surface area (Å²) < 4.78 is 5.50. The number of hydrogen-bond acceptors (Lipinski definition) is 5. The van der Waals surface area contributed by atoms with Crippen molar-refractivity contribution in [3.63, 3.8) is 0 Å². The van der Waals surface area contributed by atoms with E-state index < -0.39 is 11.4 Å². The number of pyridine rings is 1. The van der Waals surface area contributed by atoms with Gasteiger partial charge in [0.25, 0.3) is 0 Å². The largest absolute Gasteiger partial charge is 0.454 e. The van der Waals surface area contributed by atoms with Crippen LogP contribution in [0.3, 0.4) is 0 Å². The standard InChI is InChI=1S/C25H25NO3S/c1-25(2,3)21(27)15-29-24(28)22-18-10-4-5-12-20(18)26-23-16(8-6-11-19(22)23)14-17-9-7-13-30-17/h4-5,7,9-10,12-14H,6,8,11,15H2,1-3H3. The van der Waals surface area contributed by atoms with Crippen LogP contribution in [0.1, 0.15) is 60.1 Å². The van der Waals surface area contributed by atoms with Crippen LogP contribution in [0.15, 0.2) is 41.8 Å². The molecule has 3 aromatic rings. The summed E-state index contributed by atoms with van der Waals surface area (Å²) in [4.78, 5) is 31.5. The number of para-hydroxylation sites is 1. The lowest BCUT2D eigenvalue weighted by molar-refractivity contribution is -0.129. The SMILES string of the molecule is CC(C)(C)C(=O)COC(=O)c1c2c(nc3ccccc13)C(=Cc1cccs1)CCC2. The predicted octanol–water partition coefficient (Wildman–Crippen LogP) is 5.95. The Labute approximate surface area is 180 Å². The van der Waals surface area contributed by atoms with Gasteiger partial charge >= 0.3 is 5.97 Å². The highest BCUT2D eigenvalue weighted by Crippen LogP contribution is 2.36. The van der Waals surface area contributed by atoms with Crippen LogP contribution in [-0.2, 0) is 16.0 Å². The van der Waals surface area contributed by atoms with Gasteiger partial charge in [-0.25, -0.2) is 9.78 Å². The van der Waals surface area contributed by atoms with E-state index in [1.165, 1.54) is 4.88 Å². The third kappa shape index (κ3) is 4.08. The van der Waals surface area contributed by atoms with Crippen molar-refractivity contribution in [3.05, 3.63) is 63.5 Å². The monoisotopic (exact) mass is 419 g/mol. The summed E-state index contributed by atoms with van der Waals surface area (Å²) in [6.07, 6.45) is 4.81. The van der Waals surface area contributed by atoms with Gasteiger partial charge in [-0.3, -0.25) is 4.79 Å². The fraction of sp³-hybridized carbons (Fsp3) is 0.320. The molecular weight excluding hydrogens is 394 g/mol. The molecule has 1 aromatic carbocycles. The van der Waals surface area contributed by atoms with Crippen molar-refractivity contribution in [1.29, 1.82) is 0 Å². The fourth-order valence-electron chi connectivity index (χ4n) is 3.67. The van der Waals surface area contributed by atoms with E-state index in [2.05, 4.69) is 17.5 Å². The number of carbonyl (C=O) groups is 2. The molecule has 1 aliphatic rings. The Balaban J connectivity index is 1.79. The summed E-state index contributed by atoms with van der Waals surface area (Å²) in [6, 6.07) is 11.8. The molecule has 0 radical (unpaired) electrons. The van der Waals surface area contributed by atoms with E-state index in [0.29, 0.717) is 5.56 Å². The number of allylic oxidation sites excluding steroid dienone is 1. The van der Waals surface area contributed by atoms with Crippen molar-refractivity contribution < 1.29 is 14.3 Å². The molecule has 0 unspecified atom stereocenters. The van der Waals surface area contributed by atoms with Crippen molar-refractivity contribution in [2.75, 3.05) is 6.61 Å². The highest BCUT2D eigenvalue weighted by atomic mass is 32.1. The van der Waals surface area contributed by atoms with E-state index in [4.69, 9.17) is 9.72 Å². The molecular formula is C25H25NO3S. The van der Waals surface area contributed by atoms with Crippen molar-refractivity contribution in [3.8, 4) is 0 Å². The lowest BCUT2D eigenvalue weighted by atomic mass is 9.86. The first-order valence-corrected chi connectivity index (χ1v) is 11.1. The number of ketones is 1. The molecule has 0 N–H and O–H groups in total. The molecule has 30 heavy (non-hydrogen) atoms. The summed E-state index contributed by atoms with van der Waals surface area (Å²) >= 11 is 1.69. The maximum atomic E-state index is 13.2. The van der Waals surface area contributed by atoms with Crippen LogP contribution >= 0.6 is 11.3 Å². The van der Waals surface area contributed by atoms with Crippen molar-refractivity contribution in [2.24, 2.45) is 5.41 Å². The Bertz CT molecular complexity index is 1140. The normalized spacial score (nSPS) is 15.2. The topological polar surface area (TPSA) is 56.3 Å². The number of esters is 1. The van der Waals surface area contributed by atoms with E-state index in [1.807, 2.05) is 51.1 Å². The summed E-state index contributed by atoms with van der Waals surface area (Å²) in [6.45, 7) is 5.27. The van der Waals surface area contributed by atoms with Crippen LogP contribution in [0.2, 0.25) is 0 Å². The average Bonchev–Trinajstić information content (AvgIpc) is 3.23. The summed E-state index contributed by atoms with van der Waals surface area (Å²) in [5.41, 5.74) is 3.72. The third-order valence-corrected chi connectivity index (χ3v) is 6.22. The number of rotatable bonds is 4. The Morgan fingerprint density at radius 1 is 1.13 bits per heavy atom. The molecule has 4 rings (SSSR count). The van der Waals surface area contributed by atoms with E-state index in [0.717, 1.165) is 47.0 Å². The maximum Gasteiger partial charge on any atom is 0.339 e. The van der Waals surface area contributed by atoms with E-state index in [1.54, 1.807) is 11.3 Å². The van der Waals surface area contributed by atoms with E-state index in [9.17, 15) is 9.59 Å². The zero-order valence-corrected chi connectivity index (χ0v) is 18.3. The molecule has 0 saturated heterocycles. The molecule has 2 aromatic heterocycles. The number of nitrogens with zero attached hydrogens (tertiary/aromatic N) is 1. The molecule has 0 saturated carbocycles. The van der Waals surface area contributed by atoms with Crippen LogP contribution in [0.4, 0.5) is 0 Å². The number of aromatic nitrogens is 1. The van der Waals surface area contributed by atoms with Gasteiger partial charge in [0, 0.05) is 15.7 Å². The number of ether oxygens (including phenoxy) is 1. The van der Waals surface area contributed by atoms with Crippen molar-refractivity contribution in [2.45, 2.75) is 40.0 Å². The second-order valence-corrected chi connectivity index (χ2v) is 9.60. The lowest BCUT2D eigenvalue weighted by Crippen LogP contribution is -2.27. The van der Waals surface area contributed by atoms with Gasteiger partial charge in [0.1, 0.15) is 0 Å². The fourth-order valence-corrected chi connectivity index (χ4v) is 4.35. The molecule has 2 heterocycles. The van der Waals surface area contributed by atoms with Crippen molar-refractivity contribution >= 4 is 45.6 Å². The van der Waals surface area contributed by atoms with Gasteiger partial charge in [0.05, 0.1) is 16.8 Å². The predicted molar refractivity (Wildman–Crippen MR) is 122 cm³/mol. The molecule has 0 aliphatic heterocycles. The highest BCUT2D eigenvalue weighted by Gasteiger charge is 2.28. The van der Waals surface area contributed by atoms with E-state index in [-0.39, 0.29) is 12.4 Å². The smallest absolute Gasteiger partial charge is 0.339 e. The number of benzene rings is 1. The van der Waals surface area contributed by atoms with Crippen LogP contribution in [0.25, 0.3) is 22.6 Å². The van der Waals surface area contributed by atoms with Crippen LogP contribution in [0, 0.1) is 5.41 Å². The molecule has 0 bridgehead atoms. The first kappa shape index (κ1) is 20.5. The first-order valence-electron chi connectivity index (χ1n) is 10.2. The maximum absolute atomic E-state index is 13.2. The Morgan fingerprint density at radius 2 is 1.93 bits per heavy atom. The third-order valence-electron chi connectivity index (χ3n) is 5.40. The summed E-state index contributed by atoms with van der Waals surface area (Å²) in [5.74, 6) is -0.541. The van der Waals surface area contributed by atoms with Gasteiger partial charge in [-0.1, -0.05) is 45.0 Å². The molecule has 154 valence electrons. The number of carbonyl (C=O) groups excluding carboxylic acids is 2. The number of fused-ring (bicyclic) bond motifs is 2. The highest BCUT2D eigenvalue weighted by molar-refractivity contribution is 7.10. The average molecular weight is 420 g/mol. The zero-order valence-electron chi connectivity index (χ0n) is 17.5. The quantitative estimate of drug-likeness (QED) is 0.491. The molecule has 0 amide bonds. The molecule has 0 fully saturated rings. The van der Waals surface area contributed by atoms with Gasteiger partial charge in [-0.2, -0.15) is 0 Å². The van der Waals surface area contributed by atoms with Crippen LogP contribution in [-0.4, -0.2) is 23.3 Å². The van der Waals surface area contributed by atoms with Gasteiger partial charge in [0.2, 0.25) is 0 Å². The Kier molecular flexibility index (Phi) is 5.56. The van der Waals surface area contributed by atoms with Crippen molar-refractivity contribution in [1.82, 2.24) is 4.98 Å². The minimum Gasteiger partial charge on any atom is -0.454 e. The summed E-state index contributed by atoms with van der Waals surface area (Å²) in [7, 11) is 0. The number of hydrogen-bond donors (Lipinski definition) is 0. The molecule has 1 aliphatic carbocycles. The second-order valence-electron chi connectivity index (χ2n) is 8.62. The van der Waals surface area contributed by atoms with Gasteiger partial charge in [-0.15, -0.1) is 11.3 Å². The lowest BCUT2D eigenvalue weighted by Gasteiger charge is -2.23. The van der Waals surface area contributed by atoms with Gasteiger partial charge in [0.15, 0.2) is 12.4 Å². The second kappa shape index (κ2) is 8.15. The molecule has 0 spiro atoms. The first-order chi connectivity index (χ1) is 14.3. The number of thiophene rings is 1. The molecule has 5 heteroatoms. The Hall–Kier alpha value is -2.79. The minimum atomic E-state index is -0.545. The number of Topliss-reactive ketones (excluding diaryl/α,β-unsaturated/α-hetero) is 1. The van der Waals surface area contributed by atoms with E-state index >= 15 is 0 Å². The molecule has 4 nitrogen and oxygen atoms in total. The van der Waals surface area contributed by atoms with Gasteiger partial charge < -0.3 is 4.74 Å².